The molecule has 0 aromatic carbocycles. The van der Waals surface area contributed by atoms with Crippen molar-refractivity contribution in [2.24, 2.45) is 5.73 Å². The number of amides is 1. The number of hydrogen-bond acceptors (Lipinski definition) is 3. The molecule has 1 rings (SSSR count). The summed E-state index contributed by atoms with van der Waals surface area (Å²) in [7, 11) is 1.55. The van der Waals surface area contributed by atoms with E-state index < -0.39 is 18.5 Å². The Balaban J connectivity index is 0.00000289. The third kappa shape index (κ3) is 4.99. The number of nitrogens with zero attached hydrogens (tertiary/aromatic N) is 1. The van der Waals surface area contributed by atoms with E-state index in [-0.39, 0.29) is 37.6 Å². The third-order valence-electron chi connectivity index (χ3n) is 2.95. The van der Waals surface area contributed by atoms with Crippen molar-refractivity contribution in [3.05, 3.63) is 0 Å². The van der Waals surface area contributed by atoms with Gasteiger partial charge in [-0.3, -0.25) is 4.79 Å². The molecule has 0 aromatic rings. The lowest BCUT2D eigenvalue weighted by Gasteiger charge is -2.38. The summed E-state index contributed by atoms with van der Waals surface area (Å²) < 4.78 is 41.5. The number of methoxy groups -OCH3 is 1. The van der Waals surface area contributed by atoms with Crippen molar-refractivity contribution < 1.29 is 22.7 Å². The molecule has 0 spiro atoms. The number of carbonyl (C=O) groups is 1. The first-order valence-electron chi connectivity index (χ1n) is 5.46. The van der Waals surface area contributed by atoms with Crippen molar-refractivity contribution in [2.45, 2.75) is 37.6 Å². The highest BCUT2D eigenvalue weighted by Gasteiger charge is 2.37. The van der Waals surface area contributed by atoms with Crippen molar-refractivity contribution in [3.8, 4) is 0 Å². The van der Waals surface area contributed by atoms with Crippen LogP contribution in [0.5, 0.6) is 0 Å². The fourth-order valence-electron chi connectivity index (χ4n) is 2.05. The Kier molecular flexibility index (Phi) is 6.94. The van der Waals surface area contributed by atoms with Crippen LogP contribution in [0.25, 0.3) is 0 Å². The van der Waals surface area contributed by atoms with Gasteiger partial charge >= 0.3 is 6.18 Å². The molecule has 1 heterocycles. The van der Waals surface area contributed by atoms with Gasteiger partial charge in [0.25, 0.3) is 0 Å². The van der Waals surface area contributed by atoms with Crippen molar-refractivity contribution in [1.29, 1.82) is 0 Å². The zero-order chi connectivity index (χ0) is 13.1. The lowest BCUT2D eigenvalue weighted by Crippen LogP contribution is -2.51. The van der Waals surface area contributed by atoms with Gasteiger partial charge in [-0.2, -0.15) is 13.2 Å². The van der Waals surface area contributed by atoms with Gasteiger partial charge < -0.3 is 15.4 Å². The van der Waals surface area contributed by atoms with Crippen LogP contribution in [0.15, 0.2) is 0 Å². The Morgan fingerprint density at radius 2 is 2.11 bits per heavy atom. The van der Waals surface area contributed by atoms with Gasteiger partial charge in [-0.25, -0.2) is 0 Å². The van der Waals surface area contributed by atoms with E-state index in [9.17, 15) is 18.0 Å². The van der Waals surface area contributed by atoms with Crippen molar-refractivity contribution in [1.82, 2.24) is 4.90 Å². The minimum Gasteiger partial charge on any atom is -0.381 e. The fraction of sp³-hybridized carbons (Fsp3) is 0.900. The number of piperidine rings is 1. The Bertz CT molecular complexity index is 276. The molecule has 1 amide bonds. The molecular weight excluding hydrogens is 273 g/mol. The van der Waals surface area contributed by atoms with Gasteiger partial charge in [0.2, 0.25) is 5.91 Å². The van der Waals surface area contributed by atoms with Crippen LogP contribution >= 0.6 is 12.4 Å². The first-order chi connectivity index (χ1) is 7.87. The van der Waals surface area contributed by atoms with Crippen molar-refractivity contribution in [2.75, 3.05) is 20.2 Å². The molecule has 1 fully saturated rings. The highest BCUT2D eigenvalue weighted by molar-refractivity contribution is 5.85. The van der Waals surface area contributed by atoms with Gasteiger partial charge in [-0.05, 0) is 12.8 Å². The molecule has 0 bridgehead atoms. The normalized spacial score (nSPS) is 24.6. The molecule has 108 valence electrons. The van der Waals surface area contributed by atoms with Gasteiger partial charge in [-0.15, -0.1) is 12.4 Å². The first kappa shape index (κ1) is 17.5. The molecule has 0 radical (unpaired) electrons. The summed E-state index contributed by atoms with van der Waals surface area (Å²) in [6.45, 7) is 0.429. The van der Waals surface area contributed by atoms with Gasteiger partial charge in [0.05, 0.1) is 6.10 Å². The van der Waals surface area contributed by atoms with Crippen LogP contribution in [0.2, 0.25) is 0 Å². The predicted molar refractivity (Wildman–Crippen MR) is 62.5 cm³/mol. The van der Waals surface area contributed by atoms with Gasteiger partial charge in [0.15, 0.2) is 0 Å². The summed E-state index contributed by atoms with van der Waals surface area (Å²) in [4.78, 5) is 12.7. The molecule has 18 heavy (non-hydrogen) atoms. The molecule has 1 saturated heterocycles. The zero-order valence-corrected chi connectivity index (χ0v) is 10.9. The van der Waals surface area contributed by atoms with E-state index >= 15 is 0 Å². The number of nitrogens with two attached hydrogens (primary N) is 1. The molecule has 1 aliphatic heterocycles. The maximum atomic E-state index is 12.1. The molecule has 4 nitrogen and oxygen atoms in total. The molecule has 1 aliphatic rings. The predicted octanol–water partition coefficient (Wildman–Crippen LogP) is 1.33. The zero-order valence-electron chi connectivity index (χ0n) is 10.1. The van der Waals surface area contributed by atoms with Gasteiger partial charge in [0, 0.05) is 26.2 Å². The van der Waals surface area contributed by atoms with E-state index in [0.717, 1.165) is 0 Å². The number of halogens is 4. The molecule has 0 saturated carbocycles. The monoisotopic (exact) mass is 290 g/mol. The number of likely N-dealkylation sites (tertiary alicyclic amines) is 1. The van der Waals surface area contributed by atoms with E-state index in [1.54, 1.807) is 7.11 Å². The molecule has 0 aromatic heterocycles. The highest BCUT2D eigenvalue weighted by atomic mass is 35.5. The van der Waals surface area contributed by atoms with E-state index in [0.29, 0.717) is 12.8 Å². The van der Waals surface area contributed by atoms with Crippen molar-refractivity contribution >= 4 is 18.3 Å². The Labute approximate surface area is 110 Å². The molecule has 2 atom stereocenters. The number of rotatable bonds is 3. The summed E-state index contributed by atoms with van der Waals surface area (Å²) in [5.74, 6) is -0.900. The van der Waals surface area contributed by atoms with Crippen LogP contribution in [-0.4, -0.2) is 49.3 Å². The quantitative estimate of drug-likeness (QED) is 0.853. The number of hydrogen-bond donors (Lipinski definition) is 1. The van der Waals surface area contributed by atoms with Crippen LogP contribution < -0.4 is 5.73 Å². The SMILES string of the molecule is COC1CCN(C(=O)CC(F)(F)F)C(CN)C1.Cl. The van der Waals surface area contributed by atoms with Crippen LogP contribution in [0, 0.1) is 0 Å². The van der Waals surface area contributed by atoms with Gasteiger partial charge in [0.1, 0.15) is 6.42 Å². The smallest absolute Gasteiger partial charge is 0.381 e. The minimum absolute atomic E-state index is 0. The lowest BCUT2D eigenvalue weighted by molar-refractivity contribution is -0.165. The first-order valence-corrected chi connectivity index (χ1v) is 5.46. The van der Waals surface area contributed by atoms with Gasteiger partial charge in [-0.1, -0.05) is 0 Å². The second-order valence-corrected chi connectivity index (χ2v) is 4.15. The second-order valence-electron chi connectivity index (χ2n) is 4.15. The average molecular weight is 291 g/mol. The lowest BCUT2D eigenvalue weighted by atomic mass is 9.99. The van der Waals surface area contributed by atoms with Crippen LogP contribution in [0.4, 0.5) is 13.2 Å². The average Bonchev–Trinajstić information content (AvgIpc) is 2.25. The Hall–Kier alpha value is -0.530. The molecule has 8 heteroatoms. The fourth-order valence-corrected chi connectivity index (χ4v) is 2.05. The van der Waals surface area contributed by atoms with E-state index in [2.05, 4.69) is 0 Å². The number of ether oxygens (including phenoxy) is 1. The number of carbonyl (C=O) groups excluding carboxylic acids is 1. The molecule has 2 unspecified atom stereocenters. The molecule has 2 N–H and O–H groups in total. The summed E-state index contributed by atoms with van der Waals surface area (Å²) in [6, 6.07) is -0.358. The minimum atomic E-state index is -4.46. The molecular formula is C10H18ClF3N2O2. The number of alkyl halides is 3. The summed E-state index contributed by atoms with van der Waals surface area (Å²) in [6.07, 6.45) is -4.86. The topological polar surface area (TPSA) is 55.6 Å². The van der Waals surface area contributed by atoms with Crippen molar-refractivity contribution in [3.63, 3.8) is 0 Å². The van der Waals surface area contributed by atoms with Crippen LogP contribution in [0.1, 0.15) is 19.3 Å². The maximum Gasteiger partial charge on any atom is 0.397 e. The largest absolute Gasteiger partial charge is 0.397 e. The molecule has 0 aliphatic carbocycles. The second kappa shape index (κ2) is 7.16. The summed E-state index contributed by atoms with van der Waals surface area (Å²) in [5.41, 5.74) is 5.48. The van der Waals surface area contributed by atoms with Crippen LogP contribution in [-0.2, 0) is 9.53 Å². The summed E-state index contributed by atoms with van der Waals surface area (Å²) >= 11 is 0. The van der Waals surface area contributed by atoms with E-state index in [1.807, 2.05) is 0 Å². The maximum absolute atomic E-state index is 12.1. The standard InChI is InChI=1S/C10H17F3N2O2.ClH/c1-17-8-2-3-15(7(4-8)6-14)9(16)5-10(11,12)13;/h7-8H,2-6,14H2,1H3;1H. The summed E-state index contributed by atoms with van der Waals surface area (Å²) in [5, 5.41) is 0. The van der Waals surface area contributed by atoms with E-state index in [4.69, 9.17) is 10.5 Å². The highest BCUT2D eigenvalue weighted by Crippen LogP contribution is 2.25. The third-order valence-corrected chi connectivity index (χ3v) is 2.95. The van der Waals surface area contributed by atoms with Crippen LogP contribution in [0.3, 0.4) is 0 Å². The van der Waals surface area contributed by atoms with E-state index in [1.165, 1.54) is 4.90 Å². The Morgan fingerprint density at radius 3 is 2.56 bits per heavy atom. The Morgan fingerprint density at radius 1 is 1.50 bits per heavy atom.